The largest absolute Gasteiger partial charge is 0.416 e. The van der Waals surface area contributed by atoms with E-state index in [-0.39, 0.29) is 17.2 Å². The van der Waals surface area contributed by atoms with Gasteiger partial charge in [0.2, 0.25) is 0 Å². The molecule has 0 saturated heterocycles. The summed E-state index contributed by atoms with van der Waals surface area (Å²) < 4.78 is 39.5. The molecule has 4 N–H and O–H groups in total. The van der Waals surface area contributed by atoms with Crippen LogP contribution in [0.1, 0.15) is 31.8 Å². The van der Waals surface area contributed by atoms with Gasteiger partial charge in [-0.15, -0.1) is 0 Å². The van der Waals surface area contributed by atoms with E-state index in [1.165, 1.54) is 35.6 Å². The first-order chi connectivity index (χ1) is 15.6. The Morgan fingerprint density at radius 2 is 1.64 bits per heavy atom. The van der Waals surface area contributed by atoms with Gasteiger partial charge in [-0.1, -0.05) is 23.5 Å². The number of nitrogens with two attached hydrogens (primary N) is 1. The van der Waals surface area contributed by atoms with E-state index in [9.17, 15) is 22.8 Å². The van der Waals surface area contributed by atoms with Gasteiger partial charge < -0.3 is 16.4 Å². The highest BCUT2D eigenvalue weighted by molar-refractivity contribution is 7.22. The molecule has 0 saturated carbocycles. The lowest BCUT2D eigenvalue weighted by molar-refractivity contribution is -0.137. The fraction of sp³-hybridized carbons (Fsp3) is 0.0870. The number of alkyl halides is 3. The van der Waals surface area contributed by atoms with Crippen LogP contribution in [0.4, 0.5) is 29.7 Å². The molecule has 0 aliphatic heterocycles. The van der Waals surface area contributed by atoms with Crippen LogP contribution in [0.3, 0.4) is 0 Å². The van der Waals surface area contributed by atoms with Gasteiger partial charge in [0, 0.05) is 22.5 Å². The number of nitrogens with zero attached hydrogens (tertiary/aromatic N) is 1. The third kappa shape index (κ3) is 4.96. The van der Waals surface area contributed by atoms with E-state index in [2.05, 4.69) is 15.6 Å². The Hall–Kier alpha value is -3.92. The first-order valence-corrected chi connectivity index (χ1v) is 10.5. The van der Waals surface area contributed by atoms with Gasteiger partial charge in [0.1, 0.15) is 0 Å². The average Bonchev–Trinajstić information content (AvgIpc) is 3.14. The van der Waals surface area contributed by atoms with Gasteiger partial charge in [-0.3, -0.25) is 9.59 Å². The first-order valence-electron chi connectivity index (χ1n) is 9.67. The number of nitrogen functional groups attached to an aromatic ring is 1. The van der Waals surface area contributed by atoms with Crippen molar-refractivity contribution in [2.24, 2.45) is 0 Å². The van der Waals surface area contributed by atoms with Gasteiger partial charge in [-0.25, -0.2) is 4.98 Å². The number of aromatic nitrogens is 1. The number of anilines is 3. The van der Waals surface area contributed by atoms with E-state index in [0.717, 1.165) is 16.8 Å². The number of benzene rings is 3. The molecule has 0 spiro atoms. The van der Waals surface area contributed by atoms with E-state index in [4.69, 9.17) is 5.73 Å². The van der Waals surface area contributed by atoms with E-state index >= 15 is 0 Å². The maximum absolute atomic E-state index is 12.9. The lowest BCUT2D eigenvalue weighted by atomic mass is 10.1. The molecule has 0 fully saturated rings. The van der Waals surface area contributed by atoms with Crippen LogP contribution in [-0.2, 0) is 6.18 Å². The molecule has 0 radical (unpaired) electrons. The number of nitrogens with one attached hydrogen (secondary N) is 2. The number of hydrogen-bond donors (Lipinski definition) is 3. The number of hydrogen-bond acceptors (Lipinski definition) is 5. The number of fused-ring (bicyclic) bond motifs is 1. The van der Waals surface area contributed by atoms with Crippen molar-refractivity contribution >= 4 is 49.9 Å². The minimum atomic E-state index is -4.52. The van der Waals surface area contributed by atoms with Crippen molar-refractivity contribution in [3.63, 3.8) is 0 Å². The van der Waals surface area contributed by atoms with Gasteiger partial charge in [0.15, 0.2) is 5.13 Å². The molecule has 33 heavy (non-hydrogen) atoms. The molecule has 0 aliphatic carbocycles. The molecule has 1 heterocycles. The summed E-state index contributed by atoms with van der Waals surface area (Å²) in [7, 11) is 0. The summed E-state index contributed by atoms with van der Waals surface area (Å²) in [5.74, 6) is -0.992. The van der Waals surface area contributed by atoms with Crippen LogP contribution < -0.4 is 16.4 Å². The number of carbonyl (C=O) groups excluding carboxylic acids is 2. The minimum absolute atomic E-state index is 0.0121. The molecular formula is C23H17F3N4O2S. The van der Waals surface area contributed by atoms with Crippen molar-refractivity contribution in [1.29, 1.82) is 0 Å². The Bertz CT molecular complexity index is 1380. The van der Waals surface area contributed by atoms with Crippen LogP contribution in [0.25, 0.3) is 10.2 Å². The predicted molar refractivity (Wildman–Crippen MR) is 123 cm³/mol. The predicted octanol–water partition coefficient (Wildman–Crippen LogP) is 5.71. The van der Waals surface area contributed by atoms with E-state index in [1.807, 2.05) is 0 Å². The van der Waals surface area contributed by atoms with Crippen molar-refractivity contribution in [1.82, 2.24) is 4.98 Å². The lowest BCUT2D eigenvalue weighted by Crippen LogP contribution is -2.16. The second-order valence-electron chi connectivity index (χ2n) is 7.25. The molecule has 1 aromatic heterocycles. The number of rotatable bonds is 4. The van der Waals surface area contributed by atoms with Gasteiger partial charge in [-0.05, 0) is 61.0 Å². The second-order valence-corrected chi connectivity index (χ2v) is 8.31. The van der Waals surface area contributed by atoms with Crippen LogP contribution >= 0.6 is 11.3 Å². The van der Waals surface area contributed by atoms with Crippen LogP contribution in [0.15, 0.2) is 60.7 Å². The SMILES string of the molecule is Cc1ccc(C(=O)Nc2cccc(C(F)(F)F)c2)cc1NC(=O)c1ccc2nc(N)sc2c1. The lowest BCUT2D eigenvalue weighted by Gasteiger charge is -2.12. The molecule has 4 aromatic rings. The number of amides is 2. The highest BCUT2D eigenvalue weighted by Crippen LogP contribution is 2.31. The summed E-state index contributed by atoms with van der Waals surface area (Å²) in [5, 5.41) is 5.63. The number of aryl methyl sites for hydroxylation is 1. The topological polar surface area (TPSA) is 97.1 Å². The first kappa shape index (κ1) is 22.3. The third-order valence-corrected chi connectivity index (χ3v) is 5.71. The van der Waals surface area contributed by atoms with Gasteiger partial charge >= 0.3 is 6.18 Å². The normalized spacial score (nSPS) is 11.4. The summed E-state index contributed by atoms with van der Waals surface area (Å²) in [6.45, 7) is 1.76. The summed E-state index contributed by atoms with van der Waals surface area (Å²) in [4.78, 5) is 29.5. The highest BCUT2D eigenvalue weighted by Gasteiger charge is 2.30. The van der Waals surface area contributed by atoms with Crippen molar-refractivity contribution in [3.05, 3.63) is 82.9 Å². The zero-order valence-corrected chi connectivity index (χ0v) is 18.0. The van der Waals surface area contributed by atoms with Crippen molar-refractivity contribution in [3.8, 4) is 0 Å². The second kappa shape index (κ2) is 8.55. The molecule has 10 heteroatoms. The molecule has 6 nitrogen and oxygen atoms in total. The molecule has 0 atom stereocenters. The zero-order chi connectivity index (χ0) is 23.8. The zero-order valence-electron chi connectivity index (χ0n) is 17.2. The third-order valence-electron chi connectivity index (χ3n) is 4.86. The molecule has 0 bridgehead atoms. The quantitative estimate of drug-likeness (QED) is 0.356. The Morgan fingerprint density at radius 1 is 0.939 bits per heavy atom. The van der Waals surface area contributed by atoms with Gasteiger partial charge in [0.05, 0.1) is 15.8 Å². The number of halogens is 3. The molecule has 2 amide bonds. The molecule has 0 aliphatic rings. The van der Waals surface area contributed by atoms with Crippen LogP contribution in [0, 0.1) is 6.92 Å². The fourth-order valence-corrected chi connectivity index (χ4v) is 3.93. The molecular weight excluding hydrogens is 453 g/mol. The molecule has 0 unspecified atom stereocenters. The van der Waals surface area contributed by atoms with Crippen LogP contribution in [-0.4, -0.2) is 16.8 Å². The average molecular weight is 470 g/mol. The monoisotopic (exact) mass is 470 g/mol. The Kier molecular flexibility index (Phi) is 5.77. The number of thiazole rings is 1. The van der Waals surface area contributed by atoms with Crippen molar-refractivity contribution in [2.75, 3.05) is 16.4 Å². The highest BCUT2D eigenvalue weighted by atomic mass is 32.1. The Balaban J connectivity index is 1.53. The fourth-order valence-electron chi connectivity index (χ4n) is 3.15. The minimum Gasteiger partial charge on any atom is -0.375 e. The standard InChI is InChI=1S/C23H17F3N4O2S/c1-12-5-6-13(20(31)28-16-4-2-3-15(11-16)23(24,25)26)9-18(12)29-21(32)14-7-8-17-19(10-14)33-22(27)30-17/h2-11H,1H3,(H2,27,30)(H,28,31)(H,29,32). The van der Waals surface area contributed by atoms with Crippen molar-refractivity contribution < 1.29 is 22.8 Å². The van der Waals surface area contributed by atoms with E-state index < -0.39 is 17.6 Å². The molecule has 168 valence electrons. The molecule has 4 rings (SSSR count). The van der Waals surface area contributed by atoms with Crippen LogP contribution in [0.5, 0.6) is 0 Å². The smallest absolute Gasteiger partial charge is 0.375 e. The number of carbonyl (C=O) groups is 2. The summed E-state index contributed by atoms with van der Waals surface area (Å²) in [5.41, 5.74) is 7.23. The van der Waals surface area contributed by atoms with Crippen LogP contribution in [0.2, 0.25) is 0 Å². The Morgan fingerprint density at radius 3 is 2.39 bits per heavy atom. The maximum Gasteiger partial charge on any atom is 0.416 e. The summed E-state index contributed by atoms with van der Waals surface area (Å²) in [6, 6.07) is 14.0. The van der Waals surface area contributed by atoms with Gasteiger partial charge in [0.25, 0.3) is 11.8 Å². The van der Waals surface area contributed by atoms with Crippen molar-refractivity contribution in [2.45, 2.75) is 13.1 Å². The molecule has 3 aromatic carbocycles. The summed E-state index contributed by atoms with van der Waals surface area (Å²) >= 11 is 1.27. The van der Waals surface area contributed by atoms with E-state index in [1.54, 1.807) is 31.2 Å². The maximum atomic E-state index is 12.9. The summed E-state index contributed by atoms with van der Waals surface area (Å²) in [6.07, 6.45) is -4.52. The van der Waals surface area contributed by atoms with E-state index in [0.29, 0.717) is 27.5 Å². The van der Waals surface area contributed by atoms with Gasteiger partial charge in [-0.2, -0.15) is 13.2 Å². The Labute approximate surface area is 190 Å².